The summed E-state index contributed by atoms with van der Waals surface area (Å²) >= 11 is 0. The maximum atomic E-state index is 10.3. The van der Waals surface area contributed by atoms with Gasteiger partial charge < -0.3 is 5.11 Å². The van der Waals surface area contributed by atoms with Gasteiger partial charge in [0.2, 0.25) is 0 Å². The lowest BCUT2D eigenvalue weighted by atomic mass is 9.93. The van der Waals surface area contributed by atoms with Gasteiger partial charge in [-0.05, 0) is 49.7 Å². The highest BCUT2D eigenvalue weighted by Crippen LogP contribution is 2.35. The number of para-hydroxylation sites is 1. The highest BCUT2D eigenvalue weighted by molar-refractivity contribution is 5.42. The average molecular weight is 292 g/mol. The van der Waals surface area contributed by atoms with E-state index in [0.29, 0.717) is 11.3 Å². The van der Waals surface area contributed by atoms with Gasteiger partial charge in [-0.15, -0.1) is 0 Å². The molecule has 1 aliphatic rings. The van der Waals surface area contributed by atoms with Crippen LogP contribution in [-0.4, -0.2) is 23.1 Å². The predicted molar refractivity (Wildman–Crippen MR) is 86.5 cm³/mol. The second-order valence-electron chi connectivity index (χ2n) is 5.79. The lowest BCUT2D eigenvalue weighted by molar-refractivity contribution is 0.185. The molecule has 1 atom stereocenters. The van der Waals surface area contributed by atoms with Crippen LogP contribution in [0.4, 0.5) is 0 Å². The van der Waals surface area contributed by atoms with Gasteiger partial charge in [0.1, 0.15) is 5.75 Å². The van der Waals surface area contributed by atoms with Gasteiger partial charge in [-0.2, -0.15) is 5.26 Å². The number of benzene rings is 2. The highest BCUT2D eigenvalue weighted by Gasteiger charge is 2.25. The molecule has 0 saturated carbocycles. The number of phenols is 1. The Labute approximate surface area is 131 Å². The second kappa shape index (κ2) is 6.64. The maximum absolute atomic E-state index is 10.3. The van der Waals surface area contributed by atoms with E-state index in [2.05, 4.69) is 11.0 Å². The number of phenolic OH excluding ortho intramolecular Hbond substituents is 1. The number of hydrogen-bond acceptors (Lipinski definition) is 3. The Bertz CT molecular complexity index is 667. The van der Waals surface area contributed by atoms with Crippen molar-refractivity contribution in [1.29, 1.82) is 5.26 Å². The molecule has 22 heavy (non-hydrogen) atoms. The summed E-state index contributed by atoms with van der Waals surface area (Å²) < 4.78 is 0. The van der Waals surface area contributed by atoms with Crippen molar-refractivity contribution in [3.05, 3.63) is 65.2 Å². The molecule has 1 fully saturated rings. The number of nitrogens with zero attached hydrogens (tertiary/aromatic N) is 2. The van der Waals surface area contributed by atoms with E-state index in [1.54, 1.807) is 6.07 Å². The van der Waals surface area contributed by atoms with Crippen molar-refractivity contribution in [2.75, 3.05) is 13.1 Å². The molecule has 0 aliphatic carbocycles. The standard InChI is InChI=1S/C19H20N2O/c20-14-15-8-10-16(11-9-15)19(21-12-4-1-5-13-21)17-6-2-3-7-18(17)22/h2-3,6-11,19,22H,1,4-5,12-13H2. The van der Waals surface area contributed by atoms with Crippen LogP contribution in [0.15, 0.2) is 48.5 Å². The first kappa shape index (κ1) is 14.6. The topological polar surface area (TPSA) is 47.3 Å². The van der Waals surface area contributed by atoms with Gasteiger partial charge in [-0.25, -0.2) is 0 Å². The van der Waals surface area contributed by atoms with E-state index >= 15 is 0 Å². The molecule has 0 aromatic heterocycles. The fraction of sp³-hybridized carbons (Fsp3) is 0.316. The van der Waals surface area contributed by atoms with Crippen LogP contribution in [0.2, 0.25) is 0 Å². The van der Waals surface area contributed by atoms with Crippen molar-refractivity contribution in [3.8, 4) is 11.8 Å². The highest BCUT2D eigenvalue weighted by atomic mass is 16.3. The number of likely N-dealkylation sites (tertiary alicyclic amines) is 1. The normalized spacial score (nSPS) is 16.9. The molecule has 1 N–H and O–H groups in total. The van der Waals surface area contributed by atoms with Gasteiger partial charge in [0.05, 0.1) is 17.7 Å². The fourth-order valence-corrected chi connectivity index (χ4v) is 3.22. The molecule has 3 heteroatoms. The molecule has 3 nitrogen and oxygen atoms in total. The molecule has 0 amide bonds. The first-order valence-corrected chi connectivity index (χ1v) is 7.81. The lowest BCUT2D eigenvalue weighted by Gasteiger charge is -2.35. The molecule has 1 saturated heterocycles. The van der Waals surface area contributed by atoms with Gasteiger partial charge in [0.15, 0.2) is 0 Å². The van der Waals surface area contributed by atoms with E-state index in [0.717, 1.165) is 24.2 Å². The van der Waals surface area contributed by atoms with E-state index in [4.69, 9.17) is 5.26 Å². The summed E-state index contributed by atoms with van der Waals surface area (Å²) in [5, 5.41) is 19.3. The lowest BCUT2D eigenvalue weighted by Crippen LogP contribution is -2.34. The van der Waals surface area contributed by atoms with E-state index < -0.39 is 0 Å². The van der Waals surface area contributed by atoms with Crippen LogP contribution >= 0.6 is 0 Å². The third-order valence-corrected chi connectivity index (χ3v) is 4.34. The molecular weight excluding hydrogens is 272 g/mol. The van der Waals surface area contributed by atoms with Crippen molar-refractivity contribution >= 4 is 0 Å². The first-order chi connectivity index (χ1) is 10.8. The molecule has 2 aromatic carbocycles. The smallest absolute Gasteiger partial charge is 0.120 e. The molecule has 0 bridgehead atoms. The van der Waals surface area contributed by atoms with Crippen molar-refractivity contribution in [3.63, 3.8) is 0 Å². The number of aromatic hydroxyl groups is 1. The third kappa shape index (κ3) is 2.98. The monoisotopic (exact) mass is 292 g/mol. The maximum Gasteiger partial charge on any atom is 0.120 e. The summed E-state index contributed by atoms with van der Waals surface area (Å²) in [6.07, 6.45) is 3.66. The summed E-state index contributed by atoms with van der Waals surface area (Å²) in [4.78, 5) is 2.43. The first-order valence-electron chi connectivity index (χ1n) is 7.81. The van der Waals surface area contributed by atoms with Crippen molar-refractivity contribution in [2.24, 2.45) is 0 Å². The molecule has 2 aromatic rings. The third-order valence-electron chi connectivity index (χ3n) is 4.34. The molecule has 3 rings (SSSR count). The number of piperidine rings is 1. The molecule has 0 spiro atoms. The summed E-state index contributed by atoms with van der Waals surface area (Å²) in [6.45, 7) is 2.08. The summed E-state index contributed by atoms with van der Waals surface area (Å²) in [7, 11) is 0. The molecule has 112 valence electrons. The minimum Gasteiger partial charge on any atom is -0.508 e. The minimum atomic E-state index is 0.0502. The zero-order valence-corrected chi connectivity index (χ0v) is 12.6. The Morgan fingerprint density at radius 2 is 1.64 bits per heavy atom. The molecule has 1 unspecified atom stereocenters. The quantitative estimate of drug-likeness (QED) is 0.935. The molecular formula is C19H20N2O. The van der Waals surface area contributed by atoms with Crippen LogP contribution in [0.5, 0.6) is 5.75 Å². The van der Waals surface area contributed by atoms with Gasteiger partial charge in [0.25, 0.3) is 0 Å². The zero-order valence-electron chi connectivity index (χ0n) is 12.6. The van der Waals surface area contributed by atoms with Gasteiger partial charge in [-0.1, -0.05) is 36.8 Å². The van der Waals surface area contributed by atoms with E-state index in [9.17, 15) is 5.11 Å². The SMILES string of the molecule is N#Cc1ccc(C(c2ccccc2O)N2CCCCC2)cc1. The van der Waals surface area contributed by atoms with Crippen LogP contribution in [0.25, 0.3) is 0 Å². The largest absolute Gasteiger partial charge is 0.508 e. The van der Waals surface area contributed by atoms with Crippen molar-refractivity contribution in [2.45, 2.75) is 25.3 Å². The van der Waals surface area contributed by atoms with Crippen LogP contribution in [0.3, 0.4) is 0 Å². The Kier molecular flexibility index (Phi) is 4.41. The second-order valence-corrected chi connectivity index (χ2v) is 5.79. The summed E-state index contributed by atoms with van der Waals surface area (Å²) in [5.41, 5.74) is 2.73. The van der Waals surface area contributed by atoms with Crippen LogP contribution < -0.4 is 0 Å². The Morgan fingerprint density at radius 1 is 0.955 bits per heavy atom. The molecule has 1 heterocycles. The Balaban J connectivity index is 2.02. The molecule has 1 aliphatic heterocycles. The van der Waals surface area contributed by atoms with E-state index in [-0.39, 0.29) is 6.04 Å². The number of rotatable bonds is 3. The zero-order chi connectivity index (χ0) is 15.4. The molecule has 0 radical (unpaired) electrons. The van der Waals surface area contributed by atoms with Crippen molar-refractivity contribution in [1.82, 2.24) is 4.90 Å². The van der Waals surface area contributed by atoms with Crippen LogP contribution in [-0.2, 0) is 0 Å². The van der Waals surface area contributed by atoms with Crippen molar-refractivity contribution < 1.29 is 5.11 Å². The number of nitriles is 1. The Hall–Kier alpha value is -2.31. The fourth-order valence-electron chi connectivity index (χ4n) is 3.22. The average Bonchev–Trinajstić information content (AvgIpc) is 2.58. The summed E-state index contributed by atoms with van der Waals surface area (Å²) in [6, 6.07) is 17.5. The van der Waals surface area contributed by atoms with Crippen LogP contribution in [0.1, 0.15) is 42.0 Å². The predicted octanol–water partition coefficient (Wildman–Crippen LogP) is 3.84. The Morgan fingerprint density at radius 3 is 2.27 bits per heavy atom. The van der Waals surface area contributed by atoms with E-state index in [1.807, 2.05) is 42.5 Å². The van der Waals surface area contributed by atoms with Gasteiger partial charge in [0, 0.05) is 5.56 Å². The van der Waals surface area contributed by atoms with Crippen LogP contribution in [0, 0.1) is 11.3 Å². The van der Waals surface area contributed by atoms with Gasteiger partial charge in [-0.3, -0.25) is 4.90 Å². The van der Waals surface area contributed by atoms with E-state index in [1.165, 1.54) is 19.3 Å². The van der Waals surface area contributed by atoms with Gasteiger partial charge >= 0.3 is 0 Å². The minimum absolute atomic E-state index is 0.0502. The number of hydrogen-bond donors (Lipinski definition) is 1. The summed E-state index contributed by atoms with van der Waals surface area (Å²) in [5.74, 6) is 0.336.